The molecule has 2 unspecified atom stereocenters. The highest BCUT2D eigenvalue weighted by Gasteiger charge is 2.38. The van der Waals surface area contributed by atoms with E-state index in [2.05, 4.69) is 11.8 Å². The summed E-state index contributed by atoms with van der Waals surface area (Å²) in [5.74, 6) is -2.58. The van der Waals surface area contributed by atoms with Crippen LogP contribution in [0.1, 0.15) is 17.3 Å². The molecule has 3 rings (SSSR count). The van der Waals surface area contributed by atoms with Crippen LogP contribution in [0.2, 0.25) is 0 Å². The van der Waals surface area contributed by atoms with Crippen molar-refractivity contribution >= 4 is 23.5 Å². The lowest BCUT2D eigenvalue weighted by Gasteiger charge is -2.31. The quantitative estimate of drug-likeness (QED) is 0.606. The van der Waals surface area contributed by atoms with Crippen LogP contribution in [-0.4, -0.2) is 69.8 Å². The summed E-state index contributed by atoms with van der Waals surface area (Å²) in [4.78, 5) is 36.1. The van der Waals surface area contributed by atoms with Gasteiger partial charge in [-0.25, -0.2) is 9.59 Å². The van der Waals surface area contributed by atoms with Crippen LogP contribution in [0, 0.1) is 0 Å². The van der Waals surface area contributed by atoms with Gasteiger partial charge in [0.15, 0.2) is 0 Å². The van der Waals surface area contributed by atoms with Gasteiger partial charge < -0.3 is 20.2 Å². The smallest absolute Gasteiger partial charge is 0.328 e. The number of amides is 1. The third-order valence-corrected chi connectivity index (χ3v) is 4.76. The molecule has 0 aliphatic carbocycles. The van der Waals surface area contributed by atoms with Gasteiger partial charge in [-0.05, 0) is 30.8 Å². The van der Waals surface area contributed by atoms with Crippen molar-refractivity contribution in [2.75, 3.05) is 24.5 Å². The number of β-amino-alcohol motifs (C(OH)–C–C–N with tert-alkyl or cyclic N) is 1. The summed E-state index contributed by atoms with van der Waals surface area (Å²) in [5.41, 5.74) is 1.46. The predicted octanol–water partition coefficient (Wildman–Crippen LogP) is 2.11. The summed E-state index contributed by atoms with van der Waals surface area (Å²) >= 11 is 0. The Kier molecular flexibility index (Phi) is 8.93. The number of hydrogen-bond acceptors (Lipinski definition) is 5. The number of hydrogen-bond donors (Lipinski definition) is 3. The van der Waals surface area contributed by atoms with Gasteiger partial charge in [-0.2, -0.15) is 0 Å². The first-order valence-corrected chi connectivity index (χ1v) is 9.81. The number of likely N-dealkylation sites (tertiary alicyclic amines) is 1. The van der Waals surface area contributed by atoms with E-state index in [0.29, 0.717) is 30.8 Å². The van der Waals surface area contributed by atoms with E-state index in [1.165, 1.54) is 0 Å². The van der Waals surface area contributed by atoms with Crippen molar-refractivity contribution in [3.8, 4) is 0 Å². The lowest BCUT2D eigenvalue weighted by Crippen LogP contribution is -2.47. The summed E-state index contributed by atoms with van der Waals surface area (Å²) in [6.45, 7) is 4.23. The second-order valence-electron chi connectivity index (χ2n) is 6.87. The summed E-state index contributed by atoms with van der Waals surface area (Å²) in [7, 11) is 0. The number of anilines is 1. The van der Waals surface area contributed by atoms with Crippen LogP contribution in [0.25, 0.3) is 0 Å². The number of nitrogens with zero attached hydrogens (tertiary/aromatic N) is 2. The maximum atomic E-state index is 13.1. The molecule has 164 valence electrons. The van der Waals surface area contributed by atoms with Gasteiger partial charge in [-0.3, -0.25) is 9.69 Å². The number of rotatable bonds is 6. The van der Waals surface area contributed by atoms with Gasteiger partial charge in [-0.1, -0.05) is 43.3 Å². The summed E-state index contributed by atoms with van der Waals surface area (Å²) < 4.78 is 0. The minimum atomic E-state index is -1.26. The van der Waals surface area contributed by atoms with Crippen LogP contribution in [0.3, 0.4) is 0 Å². The molecular weight excluding hydrogens is 400 g/mol. The highest BCUT2D eigenvalue weighted by Crippen LogP contribution is 2.25. The molecule has 2 atom stereocenters. The molecule has 2 aromatic rings. The maximum absolute atomic E-state index is 13.1. The van der Waals surface area contributed by atoms with Crippen molar-refractivity contribution in [1.82, 2.24) is 4.90 Å². The summed E-state index contributed by atoms with van der Waals surface area (Å²) in [5, 5.41) is 26.1. The zero-order valence-electron chi connectivity index (χ0n) is 17.2. The van der Waals surface area contributed by atoms with Crippen molar-refractivity contribution in [3.63, 3.8) is 0 Å². The average molecular weight is 426 g/mol. The van der Waals surface area contributed by atoms with Gasteiger partial charge in [0.2, 0.25) is 0 Å². The van der Waals surface area contributed by atoms with E-state index >= 15 is 0 Å². The fraction of sp³-hybridized carbons (Fsp3) is 0.261. The first-order chi connectivity index (χ1) is 14.8. The Labute approximate surface area is 180 Å². The molecule has 31 heavy (non-hydrogen) atoms. The number of carboxylic acids is 2. The standard InChI is InChI=1S/C19H22N2O2.C4H4O4/c1-2-20-13-17(18(22)14-20)21(16-11-7-4-8-12-16)19(23)15-9-5-3-6-10-15;5-3(6)1-2-4(7)8/h3-12,17-18,22H,2,13-14H2,1H3;1-2H,(H,5,6)(H,7,8)/b;2-1+. The molecule has 0 spiro atoms. The molecule has 1 fully saturated rings. The van der Waals surface area contributed by atoms with E-state index in [0.717, 1.165) is 12.2 Å². The Morgan fingerprint density at radius 1 is 0.935 bits per heavy atom. The Hall–Kier alpha value is -3.49. The number of benzene rings is 2. The number of aliphatic hydroxyl groups excluding tert-OH is 1. The highest BCUT2D eigenvalue weighted by atomic mass is 16.4. The Morgan fingerprint density at radius 3 is 1.90 bits per heavy atom. The van der Waals surface area contributed by atoms with Crippen LogP contribution in [-0.2, 0) is 9.59 Å². The monoisotopic (exact) mass is 426 g/mol. The van der Waals surface area contributed by atoms with Crippen molar-refractivity contribution in [3.05, 3.63) is 78.4 Å². The zero-order chi connectivity index (χ0) is 22.8. The molecule has 0 saturated carbocycles. The van der Waals surface area contributed by atoms with Gasteiger partial charge in [0.1, 0.15) is 0 Å². The van der Waals surface area contributed by atoms with Crippen LogP contribution < -0.4 is 4.90 Å². The number of aliphatic hydroxyl groups is 1. The molecule has 8 heteroatoms. The number of para-hydroxylation sites is 1. The summed E-state index contributed by atoms with van der Waals surface area (Å²) in [6.07, 6.45) is 0.577. The maximum Gasteiger partial charge on any atom is 0.328 e. The summed E-state index contributed by atoms with van der Waals surface area (Å²) in [6, 6.07) is 18.6. The molecule has 1 aliphatic rings. The molecule has 1 aliphatic heterocycles. The largest absolute Gasteiger partial charge is 0.478 e. The average Bonchev–Trinajstić information content (AvgIpc) is 3.14. The molecule has 0 aromatic heterocycles. The van der Waals surface area contributed by atoms with Crippen LogP contribution >= 0.6 is 0 Å². The SMILES string of the molecule is CCN1CC(O)C(N(C(=O)c2ccccc2)c2ccccc2)C1.O=C(O)/C=C/C(=O)O. The van der Waals surface area contributed by atoms with E-state index in [-0.39, 0.29) is 11.9 Å². The number of likely N-dealkylation sites (N-methyl/N-ethyl adjacent to an activating group) is 1. The van der Waals surface area contributed by atoms with Crippen molar-refractivity contribution in [2.24, 2.45) is 0 Å². The number of carbonyl (C=O) groups excluding carboxylic acids is 1. The third kappa shape index (κ3) is 7.06. The minimum Gasteiger partial charge on any atom is -0.478 e. The van der Waals surface area contributed by atoms with E-state index < -0.39 is 18.0 Å². The van der Waals surface area contributed by atoms with Crippen molar-refractivity contribution in [1.29, 1.82) is 0 Å². The first-order valence-electron chi connectivity index (χ1n) is 9.81. The van der Waals surface area contributed by atoms with Crippen LogP contribution in [0.4, 0.5) is 5.69 Å². The van der Waals surface area contributed by atoms with Gasteiger partial charge in [0, 0.05) is 36.5 Å². The number of aliphatic carboxylic acids is 2. The fourth-order valence-corrected chi connectivity index (χ4v) is 3.27. The van der Waals surface area contributed by atoms with Crippen LogP contribution in [0.5, 0.6) is 0 Å². The normalized spacial score (nSPS) is 18.3. The molecule has 1 saturated heterocycles. The van der Waals surface area contributed by atoms with Crippen LogP contribution in [0.15, 0.2) is 72.8 Å². The molecule has 1 heterocycles. The van der Waals surface area contributed by atoms with E-state index in [1.54, 1.807) is 4.90 Å². The molecular formula is C23H26N2O6. The molecule has 0 radical (unpaired) electrons. The predicted molar refractivity (Wildman–Crippen MR) is 116 cm³/mol. The second kappa shape index (κ2) is 11.6. The topological polar surface area (TPSA) is 118 Å². The van der Waals surface area contributed by atoms with Crippen molar-refractivity contribution in [2.45, 2.75) is 19.1 Å². The van der Waals surface area contributed by atoms with Gasteiger partial charge in [0.05, 0.1) is 12.1 Å². The molecule has 0 bridgehead atoms. The zero-order valence-corrected chi connectivity index (χ0v) is 17.2. The number of carbonyl (C=O) groups is 3. The van der Waals surface area contributed by atoms with E-state index in [4.69, 9.17) is 10.2 Å². The lowest BCUT2D eigenvalue weighted by atomic mass is 10.1. The molecule has 1 amide bonds. The Balaban J connectivity index is 0.000000366. The second-order valence-corrected chi connectivity index (χ2v) is 6.87. The molecule has 3 N–H and O–H groups in total. The van der Waals surface area contributed by atoms with E-state index in [1.807, 2.05) is 60.7 Å². The Bertz CT molecular complexity index is 885. The molecule has 8 nitrogen and oxygen atoms in total. The van der Waals surface area contributed by atoms with Gasteiger partial charge in [-0.15, -0.1) is 0 Å². The highest BCUT2D eigenvalue weighted by molar-refractivity contribution is 6.06. The first kappa shape index (κ1) is 23.8. The fourth-order valence-electron chi connectivity index (χ4n) is 3.27. The van der Waals surface area contributed by atoms with Gasteiger partial charge >= 0.3 is 11.9 Å². The molecule has 2 aromatic carbocycles. The number of carboxylic acid groups (broad SMARTS) is 2. The third-order valence-electron chi connectivity index (χ3n) is 4.76. The Morgan fingerprint density at radius 2 is 1.45 bits per heavy atom. The lowest BCUT2D eigenvalue weighted by molar-refractivity contribution is -0.134. The van der Waals surface area contributed by atoms with E-state index in [9.17, 15) is 19.5 Å². The minimum absolute atomic E-state index is 0.0706. The van der Waals surface area contributed by atoms with Crippen molar-refractivity contribution < 1.29 is 29.7 Å². The van der Waals surface area contributed by atoms with Gasteiger partial charge in [0.25, 0.3) is 5.91 Å².